The summed E-state index contributed by atoms with van der Waals surface area (Å²) in [6.45, 7) is 0.565. The van der Waals surface area contributed by atoms with Crippen molar-refractivity contribution in [3.05, 3.63) is 54.6 Å². The van der Waals surface area contributed by atoms with Crippen LogP contribution in [0.5, 0.6) is 0 Å². The quantitative estimate of drug-likeness (QED) is 0.861. The smallest absolute Gasteiger partial charge is 0.318 e. The van der Waals surface area contributed by atoms with Gasteiger partial charge >= 0.3 is 13.5 Å². The number of carboxylic acids is 1. The number of carbonyl (C=O) groups is 1. The first kappa shape index (κ1) is 16.9. The van der Waals surface area contributed by atoms with Gasteiger partial charge in [0.05, 0.1) is 11.9 Å². The summed E-state index contributed by atoms with van der Waals surface area (Å²) in [5, 5.41) is 9.66. The maximum absolute atomic E-state index is 13.4. The van der Waals surface area contributed by atoms with Gasteiger partial charge in [0.25, 0.3) is 0 Å². The van der Waals surface area contributed by atoms with E-state index >= 15 is 0 Å². The third-order valence-electron chi connectivity index (χ3n) is 4.07. The van der Waals surface area contributed by atoms with Crippen LogP contribution < -0.4 is 5.30 Å². The van der Waals surface area contributed by atoms with E-state index in [0.29, 0.717) is 18.5 Å². The average Bonchev–Trinajstić information content (AvgIpc) is 2.78. The second kappa shape index (κ2) is 7.31. The molecular formula is C18H20NO4P. The molecule has 1 fully saturated rings. The molecule has 1 aliphatic rings. The Kier molecular flexibility index (Phi) is 5.14. The van der Waals surface area contributed by atoms with Crippen molar-refractivity contribution in [3.63, 3.8) is 0 Å². The average molecular weight is 345 g/mol. The lowest BCUT2D eigenvalue weighted by atomic mass is 10.1. The van der Waals surface area contributed by atoms with Crippen LogP contribution in [-0.4, -0.2) is 35.4 Å². The lowest BCUT2D eigenvalue weighted by molar-refractivity contribution is -0.137. The molecule has 0 amide bonds. The van der Waals surface area contributed by atoms with Crippen LogP contribution in [0.1, 0.15) is 12.8 Å². The Balaban J connectivity index is 1.92. The highest BCUT2D eigenvalue weighted by Gasteiger charge is 2.36. The van der Waals surface area contributed by atoms with Gasteiger partial charge < -0.3 is 9.63 Å². The molecule has 2 aromatic carbocycles. The van der Waals surface area contributed by atoms with E-state index < -0.39 is 13.5 Å². The number of carboxylic acid groups (broad SMARTS) is 1. The largest absolute Gasteiger partial charge is 0.480 e. The molecule has 1 atom stereocenters. The van der Waals surface area contributed by atoms with Gasteiger partial charge in [0.15, 0.2) is 0 Å². The van der Waals surface area contributed by atoms with E-state index in [1.807, 2.05) is 42.5 Å². The Bertz CT molecular complexity index is 745. The highest BCUT2D eigenvalue weighted by atomic mass is 31.2. The minimum absolute atomic E-state index is 0.280. The SMILES string of the molecule is O=C(O)CN1CCCCOP1(=O)c1ccc(-c2ccccc2)cc1. The van der Waals surface area contributed by atoms with Gasteiger partial charge in [0.1, 0.15) is 6.54 Å². The number of hydrogen-bond donors (Lipinski definition) is 1. The number of nitrogens with zero attached hydrogens (tertiary/aromatic N) is 1. The topological polar surface area (TPSA) is 66.8 Å². The first-order valence-corrected chi connectivity index (χ1v) is 9.55. The van der Waals surface area contributed by atoms with Crippen LogP contribution in [0.4, 0.5) is 0 Å². The fourth-order valence-electron chi connectivity index (χ4n) is 2.84. The van der Waals surface area contributed by atoms with Crippen molar-refractivity contribution in [2.75, 3.05) is 19.7 Å². The standard InChI is InChI=1S/C18H20NO4P/c20-18(21)14-19-12-4-5-13-23-24(19,22)17-10-8-16(9-11-17)15-6-2-1-3-7-15/h1-3,6-11H,4-5,12-14H2,(H,20,21). The molecule has 0 saturated carbocycles. The van der Waals surface area contributed by atoms with Gasteiger partial charge in [0, 0.05) is 6.54 Å². The number of rotatable bonds is 4. The van der Waals surface area contributed by atoms with Crippen molar-refractivity contribution in [2.45, 2.75) is 12.8 Å². The van der Waals surface area contributed by atoms with Crippen molar-refractivity contribution < 1.29 is 19.0 Å². The lowest BCUT2D eigenvalue weighted by Crippen LogP contribution is -2.31. The first-order chi connectivity index (χ1) is 11.6. The summed E-state index contributed by atoms with van der Waals surface area (Å²) in [6.07, 6.45) is 1.56. The minimum atomic E-state index is -3.33. The highest BCUT2D eigenvalue weighted by Crippen LogP contribution is 2.51. The van der Waals surface area contributed by atoms with Gasteiger partial charge in [-0.1, -0.05) is 42.5 Å². The summed E-state index contributed by atoms with van der Waals surface area (Å²) < 4.78 is 20.5. The normalized spacial score (nSPS) is 22.0. The maximum atomic E-state index is 13.4. The van der Waals surface area contributed by atoms with Crippen LogP contribution in [0.2, 0.25) is 0 Å². The Morgan fingerprint density at radius 2 is 1.71 bits per heavy atom. The summed E-state index contributed by atoms with van der Waals surface area (Å²) in [6, 6.07) is 17.3. The zero-order valence-electron chi connectivity index (χ0n) is 13.3. The van der Waals surface area contributed by atoms with Crippen molar-refractivity contribution in [3.8, 4) is 11.1 Å². The summed E-state index contributed by atoms with van der Waals surface area (Å²) in [5.41, 5.74) is 2.09. The van der Waals surface area contributed by atoms with Gasteiger partial charge in [0.2, 0.25) is 0 Å². The predicted molar refractivity (Wildman–Crippen MR) is 93.5 cm³/mol. The minimum Gasteiger partial charge on any atom is -0.480 e. The van der Waals surface area contributed by atoms with Crippen LogP contribution in [0, 0.1) is 0 Å². The Morgan fingerprint density at radius 1 is 1.04 bits per heavy atom. The van der Waals surface area contributed by atoms with Crippen molar-refractivity contribution >= 4 is 18.8 Å². The zero-order chi connectivity index (χ0) is 17.0. The highest BCUT2D eigenvalue weighted by molar-refractivity contribution is 7.64. The molecule has 0 radical (unpaired) electrons. The second-order valence-electron chi connectivity index (χ2n) is 5.76. The van der Waals surface area contributed by atoms with Crippen LogP contribution in [0.25, 0.3) is 11.1 Å². The number of hydrogen-bond acceptors (Lipinski definition) is 3. The van der Waals surface area contributed by atoms with Gasteiger partial charge in [-0.3, -0.25) is 9.36 Å². The monoisotopic (exact) mass is 345 g/mol. The molecule has 0 aliphatic carbocycles. The Morgan fingerprint density at radius 3 is 2.38 bits per heavy atom. The van der Waals surface area contributed by atoms with Crippen LogP contribution in [0.15, 0.2) is 54.6 Å². The molecule has 1 heterocycles. The van der Waals surface area contributed by atoms with E-state index in [-0.39, 0.29) is 6.54 Å². The molecule has 24 heavy (non-hydrogen) atoms. The molecule has 0 spiro atoms. The third-order valence-corrected chi connectivity index (χ3v) is 6.64. The summed E-state index contributed by atoms with van der Waals surface area (Å²) >= 11 is 0. The molecule has 2 aromatic rings. The van der Waals surface area contributed by atoms with Crippen LogP contribution in [0.3, 0.4) is 0 Å². The molecule has 0 bridgehead atoms. The Hall–Kier alpha value is -1.94. The fraction of sp³-hybridized carbons (Fsp3) is 0.278. The molecule has 1 aliphatic heterocycles. The van der Waals surface area contributed by atoms with Gasteiger partial charge in [-0.2, -0.15) is 0 Å². The molecule has 6 heteroatoms. The zero-order valence-corrected chi connectivity index (χ0v) is 14.2. The lowest BCUT2D eigenvalue weighted by Gasteiger charge is -2.27. The van der Waals surface area contributed by atoms with E-state index in [1.165, 1.54) is 4.67 Å². The fourth-order valence-corrected chi connectivity index (χ4v) is 5.09. The van der Waals surface area contributed by atoms with Crippen LogP contribution >= 0.6 is 7.52 Å². The van der Waals surface area contributed by atoms with E-state index in [2.05, 4.69) is 0 Å². The van der Waals surface area contributed by atoms with Crippen LogP contribution in [-0.2, 0) is 13.9 Å². The number of benzene rings is 2. The summed E-state index contributed by atoms with van der Waals surface area (Å²) in [4.78, 5) is 11.1. The molecule has 1 N–H and O–H groups in total. The molecule has 1 unspecified atom stereocenters. The van der Waals surface area contributed by atoms with Crippen molar-refractivity contribution in [2.24, 2.45) is 0 Å². The van der Waals surface area contributed by atoms with Gasteiger partial charge in [-0.25, -0.2) is 4.67 Å². The first-order valence-electron chi connectivity index (χ1n) is 7.97. The van der Waals surface area contributed by atoms with E-state index in [9.17, 15) is 9.36 Å². The van der Waals surface area contributed by atoms with Gasteiger partial charge in [-0.15, -0.1) is 0 Å². The molecule has 3 rings (SSSR count). The molecule has 0 aromatic heterocycles. The maximum Gasteiger partial charge on any atom is 0.318 e. The van der Waals surface area contributed by atoms with E-state index in [4.69, 9.17) is 9.63 Å². The van der Waals surface area contributed by atoms with Gasteiger partial charge in [-0.05, 0) is 36.1 Å². The predicted octanol–water partition coefficient (Wildman–Crippen LogP) is 3.37. The molecular weight excluding hydrogens is 325 g/mol. The van der Waals surface area contributed by atoms with E-state index in [1.54, 1.807) is 12.1 Å². The number of aliphatic carboxylic acids is 1. The van der Waals surface area contributed by atoms with Crippen molar-refractivity contribution in [1.29, 1.82) is 0 Å². The van der Waals surface area contributed by atoms with Crippen molar-refractivity contribution in [1.82, 2.24) is 4.67 Å². The molecule has 5 nitrogen and oxygen atoms in total. The molecule has 126 valence electrons. The van der Waals surface area contributed by atoms with E-state index in [0.717, 1.165) is 24.0 Å². The second-order valence-corrected chi connectivity index (χ2v) is 8.14. The Labute approximate surface area is 141 Å². The summed E-state index contributed by atoms with van der Waals surface area (Å²) in [7, 11) is -3.33. The summed E-state index contributed by atoms with van der Waals surface area (Å²) in [5.74, 6) is -0.998. The third kappa shape index (κ3) is 3.59. The molecule has 1 saturated heterocycles.